The van der Waals surface area contributed by atoms with Crippen molar-refractivity contribution < 1.29 is 19.4 Å². The van der Waals surface area contributed by atoms with Crippen LogP contribution >= 0.6 is 0 Å². The maximum atomic E-state index is 8.99. The van der Waals surface area contributed by atoms with Crippen LogP contribution in [-0.4, -0.2) is 53.5 Å². The summed E-state index contributed by atoms with van der Waals surface area (Å²) in [6, 6.07) is 7.54. The van der Waals surface area contributed by atoms with Gasteiger partial charge in [0, 0.05) is 18.7 Å². The molecule has 1 aromatic carbocycles. The number of methoxy groups -OCH3 is 1. The number of rotatable bonds is 8. The molecule has 0 radical (unpaired) electrons. The van der Waals surface area contributed by atoms with Crippen molar-refractivity contribution in [1.29, 1.82) is 0 Å². The maximum absolute atomic E-state index is 8.99. The Kier molecular flexibility index (Phi) is 5.74. The summed E-state index contributed by atoms with van der Waals surface area (Å²) in [6.45, 7) is 1.47. The van der Waals surface area contributed by atoms with E-state index in [0.29, 0.717) is 31.3 Å². The first-order valence-electron chi connectivity index (χ1n) is 6.80. The first-order valence-corrected chi connectivity index (χ1v) is 6.80. The van der Waals surface area contributed by atoms with Gasteiger partial charge in [0.15, 0.2) is 5.76 Å². The van der Waals surface area contributed by atoms with Crippen LogP contribution in [0.4, 0.5) is 0 Å². The molecule has 2 N–H and O–H groups in total. The molecule has 0 saturated heterocycles. The molecule has 6 nitrogen and oxygen atoms in total. The zero-order valence-electron chi connectivity index (χ0n) is 12.0. The minimum absolute atomic E-state index is 0.0338. The van der Waals surface area contributed by atoms with Gasteiger partial charge in [-0.1, -0.05) is 0 Å². The highest BCUT2D eigenvalue weighted by Gasteiger charge is 2.11. The molecule has 0 aliphatic carbocycles. The number of aliphatic hydroxyl groups excluding tert-OH is 2. The molecule has 114 valence electrons. The third kappa shape index (κ3) is 4.29. The molecule has 0 aliphatic rings. The Bertz CT molecular complexity index is 533. The monoisotopic (exact) mass is 292 g/mol. The van der Waals surface area contributed by atoms with Crippen molar-refractivity contribution in [3.63, 3.8) is 0 Å². The third-order valence-electron chi connectivity index (χ3n) is 3.12. The molecule has 0 fully saturated rings. The molecule has 0 amide bonds. The van der Waals surface area contributed by atoms with E-state index in [1.54, 1.807) is 13.3 Å². The molecule has 2 rings (SSSR count). The summed E-state index contributed by atoms with van der Waals surface area (Å²) >= 11 is 0. The number of hydrogen-bond donors (Lipinski definition) is 2. The van der Waals surface area contributed by atoms with Gasteiger partial charge in [-0.2, -0.15) is 0 Å². The van der Waals surface area contributed by atoms with Gasteiger partial charge < -0.3 is 19.4 Å². The summed E-state index contributed by atoms with van der Waals surface area (Å²) in [5, 5.41) is 18.0. The summed E-state index contributed by atoms with van der Waals surface area (Å²) in [4.78, 5) is 6.12. The first-order chi connectivity index (χ1) is 10.3. The SMILES string of the molecule is COc1ccc(-c2cnc(CN(CCO)CCO)o2)cc1. The number of benzene rings is 1. The molecule has 0 aliphatic heterocycles. The highest BCUT2D eigenvalue weighted by Crippen LogP contribution is 2.23. The fourth-order valence-corrected chi connectivity index (χ4v) is 2.02. The first kappa shape index (κ1) is 15.5. The van der Waals surface area contributed by atoms with E-state index in [1.165, 1.54) is 0 Å². The van der Waals surface area contributed by atoms with Crippen LogP contribution < -0.4 is 4.74 Å². The van der Waals surface area contributed by atoms with Gasteiger partial charge in [0.25, 0.3) is 0 Å². The molecular weight excluding hydrogens is 272 g/mol. The lowest BCUT2D eigenvalue weighted by Crippen LogP contribution is -2.29. The number of oxazole rings is 1. The smallest absolute Gasteiger partial charge is 0.209 e. The van der Waals surface area contributed by atoms with Gasteiger partial charge in [0.2, 0.25) is 5.89 Å². The second-order valence-corrected chi connectivity index (χ2v) is 4.57. The average Bonchev–Trinajstić information content (AvgIpc) is 2.96. The van der Waals surface area contributed by atoms with E-state index in [-0.39, 0.29) is 13.2 Å². The Morgan fingerprint density at radius 1 is 1.14 bits per heavy atom. The van der Waals surface area contributed by atoms with Gasteiger partial charge in [0.1, 0.15) is 5.75 Å². The lowest BCUT2D eigenvalue weighted by molar-refractivity contribution is 0.147. The van der Waals surface area contributed by atoms with E-state index in [2.05, 4.69) is 4.98 Å². The van der Waals surface area contributed by atoms with Crippen LogP contribution in [0.1, 0.15) is 5.89 Å². The van der Waals surface area contributed by atoms with E-state index in [1.807, 2.05) is 29.2 Å². The summed E-state index contributed by atoms with van der Waals surface area (Å²) < 4.78 is 10.8. The van der Waals surface area contributed by atoms with Crippen molar-refractivity contribution in [3.05, 3.63) is 36.4 Å². The van der Waals surface area contributed by atoms with Gasteiger partial charge in [-0.05, 0) is 24.3 Å². The number of nitrogens with zero attached hydrogens (tertiary/aromatic N) is 2. The zero-order valence-corrected chi connectivity index (χ0v) is 12.0. The van der Waals surface area contributed by atoms with E-state index in [0.717, 1.165) is 11.3 Å². The quantitative estimate of drug-likeness (QED) is 0.759. The summed E-state index contributed by atoms with van der Waals surface area (Å²) in [5.74, 6) is 2.03. The van der Waals surface area contributed by atoms with Crippen LogP contribution in [0.2, 0.25) is 0 Å². The molecule has 0 atom stereocenters. The number of aliphatic hydroxyl groups is 2. The van der Waals surface area contributed by atoms with Crippen LogP contribution in [0.3, 0.4) is 0 Å². The van der Waals surface area contributed by atoms with Crippen LogP contribution in [-0.2, 0) is 6.54 Å². The van der Waals surface area contributed by atoms with Crippen LogP contribution in [0.5, 0.6) is 5.75 Å². The van der Waals surface area contributed by atoms with Crippen molar-refractivity contribution in [1.82, 2.24) is 9.88 Å². The van der Waals surface area contributed by atoms with Crippen molar-refractivity contribution in [2.75, 3.05) is 33.4 Å². The maximum Gasteiger partial charge on any atom is 0.209 e. The molecule has 1 aromatic heterocycles. The van der Waals surface area contributed by atoms with E-state index < -0.39 is 0 Å². The van der Waals surface area contributed by atoms with Crippen molar-refractivity contribution in [3.8, 4) is 17.1 Å². The number of ether oxygens (including phenoxy) is 1. The van der Waals surface area contributed by atoms with Crippen molar-refractivity contribution >= 4 is 0 Å². The Morgan fingerprint density at radius 3 is 2.38 bits per heavy atom. The summed E-state index contributed by atoms with van der Waals surface area (Å²) in [6.07, 6.45) is 1.67. The standard InChI is InChI=1S/C15H20N2O4/c1-20-13-4-2-12(3-5-13)14-10-16-15(21-14)11-17(6-8-18)7-9-19/h2-5,10,18-19H,6-9,11H2,1H3. The van der Waals surface area contributed by atoms with Crippen LogP contribution in [0.15, 0.2) is 34.9 Å². The average molecular weight is 292 g/mol. The van der Waals surface area contributed by atoms with E-state index >= 15 is 0 Å². The molecule has 6 heteroatoms. The normalized spacial score (nSPS) is 11.0. The Labute approximate surface area is 123 Å². The number of hydrogen-bond acceptors (Lipinski definition) is 6. The molecule has 0 unspecified atom stereocenters. The van der Waals surface area contributed by atoms with Gasteiger partial charge in [0.05, 0.1) is 33.1 Å². The topological polar surface area (TPSA) is 79.0 Å². The summed E-state index contributed by atoms with van der Waals surface area (Å²) in [7, 11) is 1.62. The second-order valence-electron chi connectivity index (χ2n) is 4.57. The zero-order chi connectivity index (χ0) is 15.1. The van der Waals surface area contributed by atoms with Gasteiger partial charge in [-0.25, -0.2) is 4.98 Å². The number of aromatic nitrogens is 1. The van der Waals surface area contributed by atoms with Crippen molar-refractivity contribution in [2.45, 2.75) is 6.54 Å². The highest BCUT2D eigenvalue weighted by molar-refractivity contribution is 5.57. The molecule has 0 bridgehead atoms. The van der Waals surface area contributed by atoms with Gasteiger partial charge in [-0.15, -0.1) is 0 Å². The molecule has 2 aromatic rings. The highest BCUT2D eigenvalue weighted by atomic mass is 16.5. The molecule has 0 spiro atoms. The lowest BCUT2D eigenvalue weighted by atomic mass is 10.2. The van der Waals surface area contributed by atoms with Crippen LogP contribution in [0, 0.1) is 0 Å². The molecule has 1 heterocycles. The minimum Gasteiger partial charge on any atom is -0.497 e. The molecular formula is C15H20N2O4. The second kappa shape index (κ2) is 7.78. The van der Waals surface area contributed by atoms with E-state index in [4.69, 9.17) is 19.4 Å². The van der Waals surface area contributed by atoms with Gasteiger partial charge in [-0.3, -0.25) is 4.90 Å². The Hall–Kier alpha value is -1.89. The van der Waals surface area contributed by atoms with Crippen LogP contribution in [0.25, 0.3) is 11.3 Å². The largest absolute Gasteiger partial charge is 0.497 e. The predicted octanol–water partition coefficient (Wildman–Crippen LogP) is 1.14. The fourth-order valence-electron chi connectivity index (χ4n) is 2.02. The fraction of sp³-hybridized carbons (Fsp3) is 0.400. The third-order valence-corrected chi connectivity index (χ3v) is 3.12. The lowest BCUT2D eigenvalue weighted by Gasteiger charge is -2.17. The predicted molar refractivity (Wildman–Crippen MR) is 77.9 cm³/mol. The molecule has 0 saturated carbocycles. The van der Waals surface area contributed by atoms with Gasteiger partial charge >= 0.3 is 0 Å². The van der Waals surface area contributed by atoms with Crippen molar-refractivity contribution in [2.24, 2.45) is 0 Å². The minimum atomic E-state index is 0.0338. The summed E-state index contributed by atoms with van der Waals surface area (Å²) in [5.41, 5.74) is 0.922. The Balaban J connectivity index is 2.05. The van der Waals surface area contributed by atoms with E-state index in [9.17, 15) is 0 Å². The molecule has 21 heavy (non-hydrogen) atoms. The Morgan fingerprint density at radius 2 is 1.81 bits per heavy atom.